The summed E-state index contributed by atoms with van der Waals surface area (Å²) in [5.41, 5.74) is 10.9. The molecule has 0 saturated heterocycles. The molecule has 2 aliphatic rings. The largest absolute Gasteiger partial charge is 0.451 e. The molecule has 0 spiro atoms. The fourth-order valence-corrected chi connectivity index (χ4v) is 5.78. The second kappa shape index (κ2) is 16.2. The lowest BCUT2D eigenvalue weighted by Gasteiger charge is -2.29. The molecule has 24 heteroatoms. The highest BCUT2D eigenvalue weighted by molar-refractivity contribution is 5.88. The molecule has 6 rings (SSSR count). The van der Waals surface area contributed by atoms with Crippen LogP contribution in [0.4, 0.5) is 52.7 Å². The highest BCUT2D eigenvalue weighted by Gasteiger charge is 2.41. The van der Waals surface area contributed by atoms with Crippen LogP contribution in [0.15, 0.2) is 36.0 Å². The zero-order valence-electron chi connectivity index (χ0n) is 28.4. The monoisotopic (exact) mass is 812 g/mol. The molecule has 0 bridgehead atoms. The van der Waals surface area contributed by atoms with Crippen molar-refractivity contribution in [3.8, 4) is 0 Å². The minimum Gasteiger partial charge on any atom is -0.402 e. The number of fused-ring (bicyclic) bond motifs is 2. The average Bonchev–Trinajstić information content (AvgIpc) is 3.74. The van der Waals surface area contributed by atoms with Crippen molar-refractivity contribution < 1.29 is 62.3 Å². The van der Waals surface area contributed by atoms with Gasteiger partial charge in [-0.3, -0.25) is 9.59 Å². The second-order valence-electron chi connectivity index (χ2n) is 12.5. The first-order chi connectivity index (χ1) is 26.1. The number of allylic oxidation sites excluding steroid dienone is 1. The summed E-state index contributed by atoms with van der Waals surface area (Å²) < 4.78 is 158. The third kappa shape index (κ3) is 9.57. The molecule has 1 atom stereocenters. The number of carbonyl (C=O) groups excluding carboxylic acids is 2. The Morgan fingerprint density at radius 3 is 1.62 bits per heavy atom. The minimum atomic E-state index is -4.66. The molecule has 0 unspecified atom stereocenters. The van der Waals surface area contributed by atoms with Crippen LogP contribution in [0.5, 0.6) is 0 Å². The summed E-state index contributed by atoms with van der Waals surface area (Å²) in [5, 5.41) is 13.2. The molecule has 0 aliphatic carbocycles. The van der Waals surface area contributed by atoms with Crippen LogP contribution in [0.1, 0.15) is 40.8 Å². The average molecular weight is 813 g/mol. The Morgan fingerprint density at radius 2 is 1.11 bits per heavy atom. The number of halogens is 12. The van der Waals surface area contributed by atoms with Gasteiger partial charge in [0.15, 0.2) is 34.9 Å². The molecular formula is C32H28F12N10O2. The summed E-state index contributed by atoms with van der Waals surface area (Å²) in [5.74, 6) is -10.6. The van der Waals surface area contributed by atoms with Gasteiger partial charge in [-0.1, -0.05) is 0 Å². The fourth-order valence-electron chi connectivity index (χ4n) is 5.78. The maximum Gasteiger partial charge on any atom is 0.451 e. The summed E-state index contributed by atoms with van der Waals surface area (Å²) in [4.78, 5) is 27.1. The molecule has 0 fully saturated rings. The van der Waals surface area contributed by atoms with E-state index in [4.69, 9.17) is 11.5 Å². The fraction of sp³-hybridized carbons (Fsp3) is 0.375. The number of nitrogens with two attached hydrogens (primary N) is 2. The molecule has 302 valence electrons. The molecule has 12 nitrogen and oxygen atoms in total. The predicted octanol–water partition coefficient (Wildman–Crippen LogP) is 4.16. The molecule has 4 aromatic rings. The van der Waals surface area contributed by atoms with Crippen molar-refractivity contribution >= 4 is 11.8 Å². The van der Waals surface area contributed by atoms with Crippen molar-refractivity contribution in [1.29, 1.82) is 0 Å². The van der Waals surface area contributed by atoms with Crippen molar-refractivity contribution in [3.63, 3.8) is 0 Å². The van der Waals surface area contributed by atoms with Gasteiger partial charge >= 0.3 is 12.4 Å². The van der Waals surface area contributed by atoms with Crippen LogP contribution >= 0.6 is 0 Å². The highest BCUT2D eigenvalue weighted by atomic mass is 19.4. The predicted molar refractivity (Wildman–Crippen MR) is 166 cm³/mol. The Labute approximate surface area is 307 Å². The molecule has 2 aromatic heterocycles. The SMILES string of the molecule is N/C(=C\C(=O)N1CCn2c(nnc2C(F)(F)F)C1)Cc1cc(F)c(F)cc1F.N[C@@H](CC(=O)N1CCn2c(nnc2C(F)(F)F)C1)Cc1cc(F)c(F)cc1F. The molecule has 2 amide bonds. The van der Waals surface area contributed by atoms with Crippen LogP contribution in [-0.4, -0.2) is 70.3 Å². The number of alkyl halides is 6. The van der Waals surface area contributed by atoms with E-state index in [0.717, 1.165) is 15.2 Å². The zero-order chi connectivity index (χ0) is 41.3. The minimum absolute atomic E-state index is 0.000783. The lowest BCUT2D eigenvalue weighted by Crippen LogP contribution is -2.42. The Morgan fingerprint density at radius 1 is 0.661 bits per heavy atom. The summed E-state index contributed by atoms with van der Waals surface area (Å²) in [7, 11) is 0. The zero-order valence-corrected chi connectivity index (χ0v) is 28.4. The van der Waals surface area contributed by atoms with E-state index in [1.807, 2.05) is 0 Å². The third-order valence-corrected chi connectivity index (χ3v) is 8.48. The van der Waals surface area contributed by atoms with Gasteiger partial charge in [0.25, 0.3) is 0 Å². The van der Waals surface area contributed by atoms with E-state index in [-0.39, 0.29) is 87.0 Å². The number of carbonyl (C=O) groups is 2. The van der Waals surface area contributed by atoms with Gasteiger partial charge in [0.2, 0.25) is 23.5 Å². The van der Waals surface area contributed by atoms with E-state index >= 15 is 0 Å². The normalized spacial score (nSPS) is 15.2. The van der Waals surface area contributed by atoms with Crippen LogP contribution in [0, 0.1) is 34.9 Å². The van der Waals surface area contributed by atoms with Crippen LogP contribution < -0.4 is 11.5 Å². The van der Waals surface area contributed by atoms with Crippen LogP contribution in [-0.2, 0) is 61.0 Å². The van der Waals surface area contributed by atoms with Gasteiger partial charge in [0, 0.05) is 69.0 Å². The van der Waals surface area contributed by atoms with Crippen LogP contribution in [0.2, 0.25) is 0 Å². The molecule has 0 radical (unpaired) electrons. The first kappa shape index (κ1) is 41.5. The summed E-state index contributed by atoms with van der Waals surface area (Å²) >= 11 is 0. The summed E-state index contributed by atoms with van der Waals surface area (Å²) in [6.45, 7) is -0.723. The van der Waals surface area contributed by atoms with Crippen molar-refractivity contribution in [2.24, 2.45) is 11.5 Å². The van der Waals surface area contributed by atoms with Gasteiger partial charge in [-0.2, -0.15) is 26.3 Å². The summed E-state index contributed by atoms with van der Waals surface area (Å²) in [6.07, 6.45) is -9.16. The van der Waals surface area contributed by atoms with Gasteiger partial charge in [0.1, 0.15) is 11.6 Å². The quantitative estimate of drug-likeness (QED) is 0.160. The van der Waals surface area contributed by atoms with Crippen molar-refractivity contribution in [1.82, 2.24) is 39.3 Å². The smallest absolute Gasteiger partial charge is 0.402 e. The van der Waals surface area contributed by atoms with Crippen LogP contribution in [0.25, 0.3) is 0 Å². The molecule has 56 heavy (non-hydrogen) atoms. The number of benzene rings is 2. The van der Waals surface area contributed by atoms with Crippen molar-refractivity contribution in [2.45, 2.75) is 63.8 Å². The van der Waals surface area contributed by atoms with E-state index in [0.29, 0.717) is 24.3 Å². The second-order valence-corrected chi connectivity index (χ2v) is 12.5. The van der Waals surface area contributed by atoms with E-state index in [1.165, 1.54) is 9.80 Å². The molecule has 4 heterocycles. The van der Waals surface area contributed by atoms with Gasteiger partial charge in [-0.05, 0) is 29.7 Å². The third-order valence-electron chi connectivity index (χ3n) is 8.48. The standard InChI is InChI=1S/C16H15F6N5O.C16H13F6N5O/c2*17-10-6-12(19)11(18)4-8(10)3-9(23)5-14(28)26-1-2-27-13(7-26)24-25-15(27)16(20,21)22/h4,6,9H,1-3,5,7,23H2;4-6H,1-3,7,23H2/b;9-5-/t9-;/m1./s1. The van der Waals surface area contributed by atoms with Gasteiger partial charge < -0.3 is 30.4 Å². The number of amides is 2. The maximum atomic E-state index is 13.7. The van der Waals surface area contributed by atoms with Gasteiger partial charge in [-0.15, -0.1) is 20.4 Å². The molecular weight excluding hydrogens is 784 g/mol. The van der Waals surface area contributed by atoms with Crippen molar-refractivity contribution in [2.75, 3.05) is 13.1 Å². The first-order valence-corrected chi connectivity index (χ1v) is 16.2. The van der Waals surface area contributed by atoms with E-state index in [2.05, 4.69) is 20.4 Å². The maximum absolute atomic E-state index is 13.7. The molecule has 0 saturated carbocycles. The number of hydrogen-bond donors (Lipinski definition) is 2. The van der Waals surface area contributed by atoms with E-state index in [9.17, 15) is 62.3 Å². The lowest BCUT2D eigenvalue weighted by atomic mass is 10.0. The molecule has 4 N–H and O–H groups in total. The van der Waals surface area contributed by atoms with Gasteiger partial charge in [-0.25, -0.2) is 26.3 Å². The van der Waals surface area contributed by atoms with E-state index < -0.39 is 76.8 Å². The van der Waals surface area contributed by atoms with Crippen molar-refractivity contribution in [3.05, 3.63) is 105 Å². The Hall–Kier alpha value is -5.68. The molecule has 2 aromatic carbocycles. The van der Waals surface area contributed by atoms with E-state index in [1.54, 1.807) is 0 Å². The topological polar surface area (TPSA) is 154 Å². The Balaban J connectivity index is 0.000000214. The number of rotatable bonds is 7. The molecule has 2 aliphatic heterocycles. The highest BCUT2D eigenvalue weighted by Crippen LogP contribution is 2.31. The van der Waals surface area contributed by atoms with Gasteiger partial charge in [0.05, 0.1) is 13.1 Å². The van der Waals surface area contributed by atoms with Crippen LogP contribution in [0.3, 0.4) is 0 Å². The number of nitrogens with zero attached hydrogens (tertiary/aromatic N) is 8. The lowest BCUT2D eigenvalue weighted by molar-refractivity contribution is -0.149. The Kier molecular flexibility index (Phi) is 12.0. The number of aromatic nitrogens is 6. The number of hydrogen-bond acceptors (Lipinski definition) is 8. The summed E-state index contributed by atoms with van der Waals surface area (Å²) in [6, 6.07) is 1.19. The Bertz CT molecular complexity index is 2150. The first-order valence-electron chi connectivity index (χ1n) is 16.2.